The third-order valence-electron chi connectivity index (χ3n) is 3.52. The molecule has 0 atom stereocenters. The van der Waals surface area contributed by atoms with E-state index in [1.165, 1.54) is 19.2 Å². The molecule has 8 nitrogen and oxygen atoms in total. The first-order valence-corrected chi connectivity index (χ1v) is 10.2. The van der Waals surface area contributed by atoms with Gasteiger partial charge in [-0.1, -0.05) is 0 Å². The molecule has 0 radical (unpaired) electrons. The largest absolute Gasteiger partial charge is 0.490 e. The van der Waals surface area contributed by atoms with Crippen molar-refractivity contribution in [3.8, 4) is 11.5 Å². The molecule has 2 aromatic rings. The fourth-order valence-corrected chi connectivity index (χ4v) is 3.44. The number of methoxy groups -OCH3 is 1. The molecule has 9 heteroatoms. The molecular weight excluding hydrogens is 384 g/mol. The van der Waals surface area contributed by atoms with Crippen molar-refractivity contribution in [1.82, 2.24) is 0 Å². The molecule has 0 heterocycles. The van der Waals surface area contributed by atoms with Gasteiger partial charge in [-0.3, -0.25) is 9.52 Å². The Balaban J connectivity index is 2.16. The highest BCUT2D eigenvalue weighted by atomic mass is 32.2. The second-order valence-electron chi connectivity index (χ2n) is 5.64. The molecule has 2 rings (SSSR count). The highest BCUT2D eigenvalue weighted by Gasteiger charge is 2.17. The van der Waals surface area contributed by atoms with Gasteiger partial charge in [-0.25, -0.2) is 8.42 Å². The van der Waals surface area contributed by atoms with Crippen molar-refractivity contribution in [2.45, 2.75) is 18.7 Å². The zero-order valence-electron chi connectivity index (χ0n) is 16.0. The highest BCUT2D eigenvalue weighted by molar-refractivity contribution is 7.92. The lowest BCUT2D eigenvalue weighted by Gasteiger charge is -2.14. The summed E-state index contributed by atoms with van der Waals surface area (Å²) in [6.07, 6.45) is 0. The Bertz CT molecular complexity index is 897. The number of rotatable bonds is 10. The number of hydrogen-bond donors (Lipinski definition) is 2. The molecule has 0 unspecified atom stereocenters. The van der Waals surface area contributed by atoms with E-state index in [9.17, 15) is 13.2 Å². The minimum Gasteiger partial charge on any atom is -0.490 e. The van der Waals surface area contributed by atoms with Crippen LogP contribution in [-0.4, -0.2) is 41.3 Å². The second-order valence-corrected chi connectivity index (χ2v) is 7.32. The summed E-state index contributed by atoms with van der Waals surface area (Å²) in [6.45, 7) is 4.41. The van der Waals surface area contributed by atoms with Gasteiger partial charge in [-0.05, 0) is 50.2 Å². The normalized spacial score (nSPS) is 11.0. The fourth-order valence-electron chi connectivity index (χ4n) is 2.36. The van der Waals surface area contributed by atoms with E-state index in [0.717, 1.165) is 0 Å². The molecular formula is C19H24N2O6S. The number of benzene rings is 2. The van der Waals surface area contributed by atoms with Crippen molar-refractivity contribution < 1.29 is 27.4 Å². The number of carbonyl (C=O) groups excluding carboxylic acids is 1. The number of hydrogen-bond acceptors (Lipinski definition) is 6. The van der Waals surface area contributed by atoms with Gasteiger partial charge in [0.15, 0.2) is 11.5 Å². The van der Waals surface area contributed by atoms with Gasteiger partial charge in [-0.15, -0.1) is 0 Å². The predicted octanol–water partition coefficient (Wildman–Crippen LogP) is 2.87. The van der Waals surface area contributed by atoms with Crippen LogP contribution in [0.5, 0.6) is 11.5 Å². The molecule has 1 amide bonds. The first-order chi connectivity index (χ1) is 13.4. The number of carbonyl (C=O) groups is 1. The van der Waals surface area contributed by atoms with Gasteiger partial charge in [0.05, 0.1) is 18.1 Å². The lowest BCUT2D eigenvalue weighted by molar-refractivity contribution is -0.119. The molecule has 0 bridgehead atoms. The Morgan fingerprint density at radius 1 is 0.929 bits per heavy atom. The third-order valence-corrected chi connectivity index (χ3v) is 4.90. The van der Waals surface area contributed by atoms with Gasteiger partial charge in [-0.2, -0.15) is 0 Å². The molecule has 2 aromatic carbocycles. The molecule has 0 saturated carbocycles. The van der Waals surface area contributed by atoms with Crippen molar-refractivity contribution in [2.75, 3.05) is 37.0 Å². The maximum absolute atomic E-state index is 12.7. The number of ether oxygens (including phenoxy) is 3. The number of nitrogens with one attached hydrogen (secondary N) is 2. The van der Waals surface area contributed by atoms with Crippen LogP contribution in [0.3, 0.4) is 0 Å². The number of anilines is 2. The first kappa shape index (κ1) is 21.5. The van der Waals surface area contributed by atoms with Gasteiger partial charge in [0.25, 0.3) is 10.0 Å². The second kappa shape index (κ2) is 9.95. The SMILES string of the molecule is CCOc1ccc(S(=O)(=O)Nc2ccc(NC(=O)COC)cc2)cc1OCC. The van der Waals surface area contributed by atoms with Crippen LogP contribution in [0.25, 0.3) is 0 Å². The Kier molecular flexibility index (Phi) is 7.65. The molecule has 0 aromatic heterocycles. The van der Waals surface area contributed by atoms with Crippen LogP contribution in [0.1, 0.15) is 13.8 Å². The average Bonchev–Trinajstić information content (AvgIpc) is 2.65. The minimum absolute atomic E-state index is 0.0527. The summed E-state index contributed by atoms with van der Waals surface area (Å²) in [5, 5.41) is 2.63. The van der Waals surface area contributed by atoms with Crippen LogP contribution in [0.2, 0.25) is 0 Å². The molecule has 0 saturated heterocycles. The smallest absolute Gasteiger partial charge is 0.262 e. The molecule has 0 aliphatic heterocycles. The first-order valence-electron chi connectivity index (χ1n) is 8.71. The molecule has 2 N–H and O–H groups in total. The van der Waals surface area contributed by atoms with Crippen molar-refractivity contribution in [3.63, 3.8) is 0 Å². The van der Waals surface area contributed by atoms with E-state index in [0.29, 0.717) is 36.1 Å². The maximum Gasteiger partial charge on any atom is 0.262 e. The monoisotopic (exact) mass is 408 g/mol. The van der Waals surface area contributed by atoms with Crippen LogP contribution in [0.4, 0.5) is 11.4 Å². The lowest BCUT2D eigenvalue weighted by atomic mass is 10.3. The van der Waals surface area contributed by atoms with Gasteiger partial charge >= 0.3 is 0 Å². The van der Waals surface area contributed by atoms with Crippen LogP contribution < -0.4 is 19.5 Å². The van der Waals surface area contributed by atoms with E-state index in [1.54, 1.807) is 30.3 Å². The molecule has 28 heavy (non-hydrogen) atoms. The van der Waals surface area contributed by atoms with E-state index >= 15 is 0 Å². The van der Waals surface area contributed by atoms with E-state index in [-0.39, 0.29) is 17.4 Å². The Morgan fingerprint density at radius 3 is 2.14 bits per heavy atom. The topological polar surface area (TPSA) is 103 Å². The van der Waals surface area contributed by atoms with Crippen molar-refractivity contribution >= 4 is 27.3 Å². The van der Waals surface area contributed by atoms with Crippen molar-refractivity contribution in [3.05, 3.63) is 42.5 Å². The predicted molar refractivity (Wildman–Crippen MR) is 107 cm³/mol. The van der Waals surface area contributed by atoms with Crippen molar-refractivity contribution in [1.29, 1.82) is 0 Å². The maximum atomic E-state index is 12.7. The molecule has 0 aliphatic carbocycles. The summed E-state index contributed by atoms with van der Waals surface area (Å²) in [5.74, 6) is 0.552. The molecule has 0 spiro atoms. The Morgan fingerprint density at radius 2 is 1.54 bits per heavy atom. The highest BCUT2D eigenvalue weighted by Crippen LogP contribution is 2.31. The van der Waals surface area contributed by atoms with Crippen molar-refractivity contribution in [2.24, 2.45) is 0 Å². The quantitative estimate of drug-likeness (QED) is 0.627. The molecule has 152 valence electrons. The van der Waals surface area contributed by atoms with E-state index in [1.807, 2.05) is 13.8 Å². The summed E-state index contributed by atoms with van der Waals surface area (Å²) in [4.78, 5) is 11.6. The Labute approximate surface area is 164 Å². The number of amides is 1. The van der Waals surface area contributed by atoms with Crippen LogP contribution in [-0.2, 0) is 19.6 Å². The summed E-state index contributed by atoms with van der Waals surface area (Å²) in [6, 6.07) is 10.7. The molecule has 0 fully saturated rings. The van der Waals surface area contributed by atoms with Crippen LogP contribution >= 0.6 is 0 Å². The van der Waals surface area contributed by atoms with E-state index < -0.39 is 10.0 Å². The Hall–Kier alpha value is -2.78. The van der Waals surface area contributed by atoms with Gasteiger partial charge in [0.2, 0.25) is 5.91 Å². The number of sulfonamides is 1. The average molecular weight is 408 g/mol. The summed E-state index contributed by atoms with van der Waals surface area (Å²) in [7, 11) is -2.40. The summed E-state index contributed by atoms with van der Waals surface area (Å²) >= 11 is 0. The van der Waals surface area contributed by atoms with E-state index in [2.05, 4.69) is 10.0 Å². The fraction of sp³-hybridized carbons (Fsp3) is 0.316. The van der Waals surface area contributed by atoms with Gasteiger partial charge < -0.3 is 19.5 Å². The zero-order chi connectivity index (χ0) is 20.6. The molecule has 0 aliphatic rings. The summed E-state index contributed by atoms with van der Waals surface area (Å²) < 4.78 is 43.5. The van der Waals surface area contributed by atoms with Crippen LogP contribution in [0, 0.1) is 0 Å². The third kappa shape index (κ3) is 5.86. The summed E-state index contributed by atoms with van der Waals surface area (Å²) in [5.41, 5.74) is 0.890. The standard InChI is InChI=1S/C19H24N2O6S/c1-4-26-17-11-10-16(12-18(17)27-5-2)28(23,24)21-15-8-6-14(7-9-15)20-19(22)13-25-3/h6-12,21H,4-5,13H2,1-3H3,(H,20,22). The van der Waals surface area contributed by atoms with Gasteiger partial charge in [0, 0.05) is 24.6 Å². The lowest BCUT2D eigenvalue weighted by Crippen LogP contribution is -2.17. The van der Waals surface area contributed by atoms with E-state index in [4.69, 9.17) is 14.2 Å². The minimum atomic E-state index is -3.82. The zero-order valence-corrected chi connectivity index (χ0v) is 16.8. The van der Waals surface area contributed by atoms with Gasteiger partial charge in [0.1, 0.15) is 6.61 Å². The van der Waals surface area contributed by atoms with Crippen LogP contribution in [0.15, 0.2) is 47.4 Å².